The molecular formula is C17H19N5O4. The van der Waals surface area contributed by atoms with E-state index in [1.807, 2.05) is 31.0 Å². The smallest absolute Gasteiger partial charge is 0.368 e. The Labute approximate surface area is 149 Å². The molecule has 0 amide bonds. The molecule has 0 fully saturated rings. The van der Waals surface area contributed by atoms with Crippen LogP contribution in [0.15, 0.2) is 30.5 Å². The Morgan fingerprint density at radius 3 is 2.58 bits per heavy atom. The van der Waals surface area contributed by atoms with E-state index < -0.39 is 4.92 Å². The van der Waals surface area contributed by atoms with Crippen LogP contribution in [-0.4, -0.2) is 40.8 Å². The average molecular weight is 357 g/mol. The van der Waals surface area contributed by atoms with E-state index >= 15 is 0 Å². The third-order valence-corrected chi connectivity index (χ3v) is 4.16. The van der Waals surface area contributed by atoms with Crippen molar-refractivity contribution >= 4 is 17.3 Å². The third kappa shape index (κ3) is 3.10. The van der Waals surface area contributed by atoms with E-state index in [4.69, 9.17) is 9.47 Å². The van der Waals surface area contributed by atoms with Crippen LogP contribution in [-0.2, 0) is 6.54 Å². The Bertz CT molecular complexity index is 969. The van der Waals surface area contributed by atoms with Crippen molar-refractivity contribution in [1.29, 1.82) is 0 Å². The molecule has 0 aliphatic carbocycles. The summed E-state index contributed by atoms with van der Waals surface area (Å²) in [5, 5.41) is 15.4. The maximum atomic E-state index is 11.1. The number of hydrogen-bond acceptors (Lipinski definition) is 7. The molecule has 9 heteroatoms. The molecule has 0 saturated carbocycles. The number of imidazole rings is 1. The van der Waals surface area contributed by atoms with Gasteiger partial charge in [-0.15, -0.1) is 0 Å². The van der Waals surface area contributed by atoms with Crippen LogP contribution < -0.4 is 14.4 Å². The van der Waals surface area contributed by atoms with Crippen LogP contribution in [0.5, 0.6) is 11.5 Å². The minimum absolute atomic E-state index is 0.169. The highest BCUT2D eigenvalue weighted by Gasteiger charge is 2.18. The minimum Gasteiger partial charge on any atom is -0.493 e. The van der Waals surface area contributed by atoms with Crippen LogP contribution in [0.25, 0.3) is 5.65 Å². The molecule has 0 unspecified atom stereocenters. The number of aryl methyl sites for hydroxylation is 1. The molecule has 26 heavy (non-hydrogen) atoms. The Balaban J connectivity index is 1.93. The van der Waals surface area contributed by atoms with E-state index in [-0.39, 0.29) is 5.82 Å². The molecule has 0 saturated heterocycles. The fraction of sp³-hybridized carbons (Fsp3) is 0.294. The first-order chi connectivity index (χ1) is 12.4. The topological polar surface area (TPSA) is 95.0 Å². The molecule has 1 aromatic carbocycles. The molecule has 136 valence electrons. The zero-order valence-corrected chi connectivity index (χ0v) is 15.0. The average Bonchev–Trinajstić information content (AvgIpc) is 3.06. The Hall–Kier alpha value is -3.36. The fourth-order valence-corrected chi connectivity index (χ4v) is 2.71. The maximum Gasteiger partial charge on any atom is 0.368 e. The quantitative estimate of drug-likeness (QED) is 0.494. The molecule has 0 atom stereocenters. The summed E-state index contributed by atoms with van der Waals surface area (Å²) >= 11 is 0. The predicted octanol–water partition coefficient (Wildman–Crippen LogP) is 2.60. The number of benzene rings is 1. The van der Waals surface area contributed by atoms with Crippen molar-refractivity contribution in [2.45, 2.75) is 13.5 Å². The second-order valence-electron chi connectivity index (χ2n) is 5.82. The highest BCUT2D eigenvalue weighted by atomic mass is 16.6. The molecule has 2 aromatic heterocycles. The minimum atomic E-state index is -0.505. The lowest BCUT2D eigenvalue weighted by atomic mass is 10.1. The van der Waals surface area contributed by atoms with Crippen molar-refractivity contribution in [1.82, 2.24) is 14.6 Å². The third-order valence-electron chi connectivity index (χ3n) is 4.16. The van der Waals surface area contributed by atoms with Gasteiger partial charge in [0.1, 0.15) is 6.20 Å². The first-order valence-electron chi connectivity index (χ1n) is 7.86. The second kappa shape index (κ2) is 6.87. The van der Waals surface area contributed by atoms with Crippen LogP contribution in [0.1, 0.15) is 11.1 Å². The lowest BCUT2D eigenvalue weighted by molar-refractivity contribution is -0.391. The van der Waals surface area contributed by atoms with Gasteiger partial charge in [-0.25, -0.2) is 4.98 Å². The maximum absolute atomic E-state index is 11.1. The number of rotatable bonds is 6. The van der Waals surface area contributed by atoms with Gasteiger partial charge in [-0.05, 0) is 41.2 Å². The molecule has 0 aliphatic rings. The van der Waals surface area contributed by atoms with E-state index in [1.54, 1.807) is 26.4 Å². The van der Waals surface area contributed by atoms with Crippen molar-refractivity contribution in [2.24, 2.45) is 0 Å². The van der Waals surface area contributed by atoms with E-state index in [2.05, 4.69) is 10.1 Å². The van der Waals surface area contributed by atoms with Gasteiger partial charge in [-0.2, -0.15) is 0 Å². The predicted molar refractivity (Wildman–Crippen MR) is 96.0 cm³/mol. The first kappa shape index (κ1) is 17.5. The monoisotopic (exact) mass is 357 g/mol. The van der Waals surface area contributed by atoms with Crippen molar-refractivity contribution in [3.8, 4) is 11.5 Å². The molecule has 0 bridgehead atoms. The Morgan fingerprint density at radius 1 is 1.23 bits per heavy atom. The summed E-state index contributed by atoms with van der Waals surface area (Å²) in [4.78, 5) is 16.5. The number of anilines is 1. The van der Waals surface area contributed by atoms with Gasteiger partial charge in [0, 0.05) is 19.7 Å². The highest BCUT2D eigenvalue weighted by Crippen LogP contribution is 2.31. The Kier molecular flexibility index (Phi) is 4.61. The van der Waals surface area contributed by atoms with E-state index in [0.29, 0.717) is 29.5 Å². The fourth-order valence-electron chi connectivity index (χ4n) is 2.71. The number of methoxy groups -OCH3 is 2. The van der Waals surface area contributed by atoms with Crippen LogP contribution >= 0.6 is 0 Å². The first-order valence-corrected chi connectivity index (χ1v) is 7.86. The molecule has 0 radical (unpaired) electrons. The number of nitrogens with zero attached hydrogens (tertiary/aromatic N) is 5. The normalized spacial score (nSPS) is 10.8. The molecule has 9 nitrogen and oxygen atoms in total. The largest absolute Gasteiger partial charge is 0.493 e. The van der Waals surface area contributed by atoms with E-state index in [9.17, 15) is 10.1 Å². The summed E-state index contributed by atoms with van der Waals surface area (Å²) in [5.41, 5.74) is 2.51. The van der Waals surface area contributed by atoms with E-state index in [0.717, 1.165) is 11.1 Å². The summed E-state index contributed by atoms with van der Waals surface area (Å²) in [7, 11) is 5.06. The van der Waals surface area contributed by atoms with Crippen LogP contribution in [0.4, 0.5) is 11.6 Å². The highest BCUT2D eigenvalue weighted by molar-refractivity contribution is 5.51. The van der Waals surface area contributed by atoms with Crippen LogP contribution in [0, 0.1) is 17.0 Å². The molecule has 2 heterocycles. The molecule has 0 N–H and O–H groups in total. The second-order valence-corrected chi connectivity index (χ2v) is 5.82. The number of ether oxygens (including phenoxy) is 2. The van der Waals surface area contributed by atoms with Crippen molar-refractivity contribution in [3.05, 3.63) is 51.7 Å². The molecular weight excluding hydrogens is 338 g/mol. The van der Waals surface area contributed by atoms with Crippen molar-refractivity contribution < 1.29 is 14.4 Å². The van der Waals surface area contributed by atoms with Gasteiger partial charge < -0.3 is 24.5 Å². The van der Waals surface area contributed by atoms with Crippen molar-refractivity contribution in [2.75, 3.05) is 26.2 Å². The van der Waals surface area contributed by atoms with Gasteiger partial charge in [0.15, 0.2) is 17.3 Å². The number of nitro groups is 1. The number of aromatic nitrogens is 3. The van der Waals surface area contributed by atoms with Gasteiger partial charge in [0.05, 0.1) is 14.2 Å². The SMILES string of the molecule is COc1cc(C)c(CN(C)c2ccc3ncc([N+](=O)[O-])n3n2)cc1OC. The summed E-state index contributed by atoms with van der Waals surface area (Å²) in [5.74, 6) is 1.74. The summed E-state index contributed by atoms with van der Waals surface area (Å²) in [6.07, 6.45) is 1.20. The Morgan fingerprint density at radius 2 is 1.92 bits per heavy atom. The molecule has 3 rings (SSSR count). The summed E-state index contributed by atoms with van der Waals surface area (Å²) in [6.45, 7) is 2.54. The molecule has 3 aromatic rings. The molecule has 0 spiro atoms. The van der Waals surface area contributed by atoms with Gasteiger partial charge in [-0.1, -0.05) is 9.61 Å². The lowest BCUT2D eigenvalue weighted by Gasteiger charge is -2.20. The number of hydrogen-bond donors (Lipinski definition) is 0. The summed E-state index contributed by atoms with van der Waals surface area (Å²) in [6, 6.07) is 7.32. The van der Waals surface area contributed by atoms with Crippen LogP contribution in [0.2, 0.25) is 0 Å². The van der Waals surface area contributed by atoms with Crippen molar-refractivity contribution in [3.63, 3.8) is 0 Å². The van der Waals surface area contributed by atoms with E-state index in [1.165, 1.54) is 10.7 Å². The summed E-state index contributed by atoms with van der Waals surface area (Å²) < 4.78 is 11.9. The lowest BCUT2D eigenvalue weighted by Crippen LogP contribution is -2.19. The van der Waals surface area contributed by atoms with Gasteiger partial charge in [-0.3, -0.25) is 0 Å². The zero-order valence-electron chi connectivity index (χ0n) is 15.0. The van der Waals surface area contributed by atoms with Gasteiger partial charge in [0.2, 0.25) is 5.65 Å². The van der Waals surface area contributed by atoms with Crippen LogP contribution in [0.3, 0.4) is 0 Å². The number of fused-ring (bicyclic) bond motifs is 1. The van der Waals surface area contributed by atoms with Gasteiger partial charge in [0.25, 0.3) is 0 Å². The standard InChI is InChI=1S/C17H19N5O4/c1-11-7-13(25-3)14(26-4)8-12(11)10-20(2)16-6-5-15-18-9-17(22(23)24)21(15)19-16/h5-9H,10H2,1-4H3. The zero-order chi connectivity index (χ0) is 18.8. The molecule has 0 aliphatic heterocycles. The van der Waals surface area contributed by atoms with Gasteiger partial charge >= 0.3 is 5.82 Å².